The zero-order chi connectivity index (χ0) is 15.6. The van der Waals surface area contributed by atoms with E-state index in [1.54, 1.807) is 0 Å². The van der Waals surface area contributed by atoms with Crippen LogP contribution in [0.2, 0.25) is 0 Å². The van der Waals surface area contributed by atoms with Crippen molar-refractivity contribution in [3.63, 3.8) is 0 Å². The van der Waals surface area contributed by atoms with Gasteiger partial charge in [0.2, 0.25) is 10.0 Å². The zero-order valence-corrected chi connectivity index (χ0v) is 13.2. The molecule has 1 aromatic carbocycles. The summed E-state index contributed by atoms with van der Waals surface area (Å²) in [5.41, 5.74) is 0.332. The van der Waals surface area contributed by atoms with Crippen LogP contribution in [0.25, 0.3) is 0 Å². The highest BCUT2D eigenvalue weighted by molar-refractivity contribution is 7.89. The molecular formula is C14H20N2O4S. The molecule has 0 bridgehead atoms. The monoisotopic (exact) mass is 312 g/mol. The Kier molecular flexibility index (Phi) is 4.65. The third-order valence-corrected chi connectivity index (χ3v) is 5.86. The molecule has 1 heterocycles. The summed E-state index contributed by atoms with van der Waals surface area (Å²) in [6, 6.07) is 5.80. The fourth-order valence-corrected chi connectivity index (χ4v) is 4.08. The summed E-state index contributed by atoms with van der Waals surface area (Å²) in [5.74, 6) is -0.483. The van der Waals surface area contributed by atoms with Crippen LogP contribution in [0.1, 0.15) is 24.2 Å². The molecule has 2 unspecified atom stereocenters. The number of ether oxygens (including phenoxy) is 1. The van der Waals surface area contributed by atoms with Crippen LogP contribution in [-0.2, 0) is 14.8 Å². The van der Waals surface area contributed by atoms with Crippen LogP contribution in [0, 0.1) is 0 Å². The topological polar surface area (TPSA) is 75.7 Å². The molecule has 0 aromatic heterocycles. The lowest BCUT2D eigenvalue weighted by Crippen LogP contribution is -2.57. The van der Waals surface area contributed by atoms with Crippen molar-refractivity contribution in [1.82, 2.24) is 9.62 Å². The van der Waals surface area contributed by atoms with E-state index in [4.69, 9.17) is 0 Å². The number of carbonyl (C=O) groups is 1. The van der Waals surface area contributed by atoms with Gasteiger partial charge in [-0.2, -0.15) is 4.31 Å². The molecule has 0 radical (unpaired) electrons. The van der Waals surface area contributed by atoms with E-state index in [-0.39, 0.29) is 17.0 Å². The van der Waals surface area contributed by atoms with Crippen LogP contribution in [0.3, 0.4) is 0 Å². The van der Waals surface area contributed by atoms with Gasteiger partial charge in [0.05, 0.1) is 17.6 Å². The Morgan fingerprint density at radius 1 is 1.29 bits per heavy atom. The average Bonchev–Trinajstić information content (AvgIpc) is 2.49. The van der Waals surface area contributed by atoms with E-state index in [0.717, 1.165) is 0 Å². The number of piperazine rings is 1. The van der Waals surface area contributed by atoms with Gasteiger partial charge in [0.25, 0.3) is 0 Å². The zero-order valence-electron chi connectivity index (χ0n) is 12.4. The van der Waals surface area contributed by atoms with Gasteiger partial charge in [-0.25, -0.2) is 13.2 Å². The summed E-state index contributed by atoms with van der Waals surface area (Å²) in [6.07, 6.45) is 0. The van der Waals surface area contributed by atoms with E-state index in [9.17, 15) is 13.2 Å². The van der Waals surface area contributed by atoms with Gasteiger partial charge in [0, 0.05) is 25.2 Å². The molecule has 1 aliphatic heterocycles. The van der Waals surface area contributed by atoms with E-state index in [1.165, 1.54) is 35.7 Å². The number of carbonyl (C=O) groups excluding carboxylic acids is 1. The maximum Gasteiger partial charge on any atom is 0.337 e. The van der Waals surface area contributed by atoms with Gasteiger partial charge in [0.15, 0.2) is 0 Å². The average molecular weight is 312 g/mol. The molecule has 7 heteroatoms. The molecular weight excluding hydrogens is 292 g/mol. The van der Waals surface area contributed by atoms with Crippen molar-refractivity contribution in [1.29, 1.82) is 0 Å². The van der Waals surface area contributed by atoms with Crippen molar-refractivity contribution in [3.05, 3.63) is 29.8 Å². The van der Waals surface area contributed by atoms with Crippen LogP contribution in [-0.4, -0.2) is 51.0 Å². The Hall–Kier alpha value is -1.44. The third-order valence-electron chi connectivity index (χ3n) is 3.86. The number of nitrogens with one attached hydrogen (secondary N) is 1. The number of esters is 1. The van der Waals surface area contributed by atoms with E-state index in [2.05, 4.69) is 10.1 Å². The third kappa shape index (κ3) is 3.09. The Bertz CT molecular complexity index is 612. The standard InChI is InChI=1S/C14H20N2O4S/c1-10-11(2)16(9-8-15-10)21(18,19)13-6-4-12(5-7-13)14(17)20-3/h4-7,10-11,15H,8-9H2,1-3H3. The highest BCUT2D eigenvalue weighted by atomic mass is 32.2. The largest absolute Gasteiger partial charge is 0.465 e. The molecule has 0 aliphatic carbocycles. The number of hydrogen-bond acceptors (Lipinski definition) is 5. The molecule has 2 atom stereocenters. The second kappa shape index (κ2) is 6.13. The molecule has 1 fully saturated rings. The first-order chi connectivity index (χ1) is 9.87. The smallest absolute Gasteiger partial charge is 0.337 e. The minimum Gasteiger partial charge on any atom is -0.465 e. The summed E-state index contributed by atoms with van der Waals surface area (Å²) in [5, 5.41) is 3.25. The second-order valence-electron chi connectivity index (χ2n) is 5.12. The van der Waals surface area contributed by atoms with Gasteiger partial charge in [0.1, 0.15) is 0 Å². The van der Waals surface area contributed by atoms with Gasteiger partial charge in [-0.3, -0.25) is 0 Å². The number of sulfonamides is 1. The summed E-state index contributed by atoms with van der Waals surface area (Å²) in [4.78, 5) is 11.6. The van der Waals surface area contributed by atoms with Crippen molar-refractivity contribution < 1.29 is 17.9 Å². The van der Waals surface area contributed by atoms with Crippen LogP contribution >= 0.6 is 0 Å². The molecule has 6 nitrogen and oxygen atoms in total. The minimum absolute atomic E-state index is 0.0999. The maximum atomic E-state index is 12.7. The number of rotatable bonds is 3. The molecule has 116 valence electrons. The fourth-order valence-electron chi connectivity index (χ4n) is 2.38. The van der Waals surface area contributed by atoms with Crippen molar-refractivity contribution in [3.8, 4) is 0 Å². The lowest BCUT2D eigenvalue weighted by molar-refractivity contribution is 0.0600. The van der Waals surface area contributed by atoms with Crippen molar-refractivity contribution >= 4 is 16.0 Å². The number of methoxy groups -OCH3 is 1. The highest BCUT2D eigenvalue weighted by Gasteiger charge is 2.34. The van der Waals surface area contributed by atoms with Crippen LogP contribution in [0.5, 0.6) is 0 Å². The fraction of sp³-hybridized carbons (Fsp3) is 0.500. The molecule has 0 amide bonds. The molecule has 1 N–H and O–H groups in total. The van der Waals surface area contributed by atoms with Gasteiger partial charge >= 0.3 is 5.97 Å². The minimum atomic E-state index is -3.55. The lowest BCUT2D eigenvalue weighted by atomic mass is 10.1. The van der Waals surface area contributed by atoms with Crippen LogP contribution < -0.4 is 5.32 Å². The first-order valence-corrected chi connectivity index (χ1v) is 8.25. The Balaban J connectivity index is 2.29. The molecule has 0 spiro atoms. The predicted molar refractivity (Wildman–Crippen MR) is 78.6 cm³/mol. The maximum absolute atomic E-state index is 12.7. The summed E-state index contributed by atoms with van der Waals surface area (Å²) < 4.78 is 31.5. The summed E-state index contributed by atoms with van der Waals surface area (Å²) >= 11 is 0. The molecule has 1 saturated heterocycles. The molecule has 1 aliphatic rings. The SMILES string of the molecule is COC(=O)c1ccc(S(=O)(=O)N2CCNC(C)C2C)cc1. The van der Waals surface area contributed by atoms with Crippen LogP contribution in [0.4, 0.5) is 0 Å². The Labute approximate surface area is 125 Å². The lowest BCUT2D eigenvalue weighted by Gasteiger charge is -2.37. The van der Waals surface area contributed by atoms with E-state index >= 15 is 0 Å². The van der Waals surface area contributed by atoms with Gasteiger partial charge in [-0.15, -0.1) is 0 Å². The van der Waals surface area contributed by atoms with E-state index in [0.29, 0.717) is 18.7 Å². The molecule has 1 aromatic rings. The van der Waals surface area contributed by atoms with Crippen molar-refractivity contribution in [2.45, 2.75) is 30.8 Å². The van der Waals surface area contributed by atoms with Crippen molar-refractivity contribution in [2.24, 2.45) is 0 Å². The van der Waals surface area contributed by atoms with Gasteiger partial charge in [-0.1, -0.05) is 0 Å². The Morgan fingerprint density at radius 3 is 2.48 bits per heavy atom. The first-order valence-electron chi connectivity index (χ1n) is 6.81. The first kappa shape index (κ1) is 15.9. The van der Waals surface area contributed by atoms with E-state index < -0.39 is 16.0 Å². The number of nitrogens with zero attached hydrogens (tertiary/aromatic N) is 1. The second-order valence-corrected chi connectivity index (χ2v) is 7.01. The van der Waals surface area contributed by atoms with Crippen molar-refractivity contribution in [2.75, 3.05) is 20.2 Å². The van der Waals surface area contributed by atoms with Crippen LogP contribution in [0.15, 0.2) is 29.2 Å². The molecule has 0 saturated carbocycles. The predicted octanol–water partition coefficient (Wildman–Crippen LogP) is 0.844. The van der Waals surface area contributed by atoms with Gasteiger partial charge in [-0.05, 0) is 38.1 Å². The number of benzene rings is 1. The summed E-state index contributed by atoms with van der Waals surface area (Å²) in [6.45, 7) is 4.92. The Morgan fingerprint density at radius 2 is 1.90 bits per heavy atom. The summed E-state index contributed by atoms with van der Waals surface area (Å²) in [7, 11) is -2.26. The molecule has 21 heavy (non-hydrogen) atoms. The number of hydrogen-bond donors (Lipinski definition) is 1. The highest BCUT2D eigenvalue weighted by Crippen LogP contribution is 2.21. The van der Waals surface area contributed by atoms with Gasteiger partial charge < -0.3 is 10.1 Å². The normalized spacial score (nSPS) is 23.8. The van der Waals surface area contributed by atoms with E-state index in [1.807, 2.05) is 13.8 Å². The quantitative estimate of drug-likeness (QED) is 0.837. The molecule has 2 rings (SSSR count).